The number of allylic oxidation sites excluding steroid dienone is 7. The smallest absolute Gasteiger partial charge is 0.176 e. The quantitative estimate of drug-likeness (QED) is 0.0924. The van der Waals surface area contributed by atoms with Crippen molar-refractivity contribution in [2.24, 2.45) is 4.99 Å². The molecule has 1 spiro atoms. The van der Waals surface area contributed by atoms with E-state index in [1.165, 1.54) is 66.8 Å². The van der Waals surface area contributed by atoms with Crippen LogP contribution in [0.5, 0.6) is 0 Å². The summed E-state index contributed by atoms with van der Waals surface area (Å²) in [5, 5.41) is 0. The first-order chi connectivity index (χ1) is 43.4. The molecule has 0 atom stereocenters. The fourth-order valence-electron chi connectivity index (χ4n) is 13.8. The Morgan fingerprint density at radius 3 is 1.48 bits per heavy atom. The molecule has 12 aromatic rings. The molecule has 2 N–H and O–H groups in total. The van der Waals surface area contributed by atoms with Crippen LogP contribution in [0, 0.1) is 0 Å². The molecule has 0 fully saturated rings. The highest BCUT2D eigenvalue weighted by molar-refractivity contribution is 6.16. The maximum atomic E-state index is 7.66. The maximum absolute atomic E-state index is 7.66. The fraction of sp³-hybridized carbons (Fsp3) is 0.0471. The summed E-state index contributed by atoms with van der Waals surface area (Å²) in [4.78, 5) is 5.66. The van der Waals surface area contributed by atoms with Gasteiger partial charge in [0.1, 0.15) is 11.5 Å². The first kappa shape index (κ1) is 53.6. The van der Waals surface area contributed by atoms with E-state index in [1.54, 1.807) is 0 Å². The third-order valence-electron chi connectivity index (χ3n) is 17.9. The number of nitrogens with two attached hydrogens (primary N) is 1. The van der Waals surface area contributed by atoms with Crippen molar-refractivity contribution >= 4 is 34.7 Å². The molecule has 3 heteroatoms. The Morgan fingerprint density at radius 2 is 0.943 bits per heavy atom. The van der Waals surface area contributed by atoms with Crippen LogP contribution in [0.3, 0.4) is 0 Å². The van der Waals surface area contributed by atoms with Gasteiger partial charge in [-0.3, -0.25) is 4.99 Å². The first-order valence-electron chi connectivity index (χ1n) is 30.3. The summed E-state index contributed by atoms with van der Waals surface area (Å²) >= 11 is 0. The average molecular weight is 1130 g/mol. The normalized spacial score (nSPS) is 13.6. The molecular weight excluding hydrogens is 1060 g/mol. The highest BCUT2D eigenvalue weighted by Gasteiger charge is 2.52. The van der Waals surface area contributed by atoms with E-state index in [-0.39, 0.29) is 0 Å². The van der Waals surface area contributed by atoms with Gasteiger partial charge in [-0.1, -0.05) is 249 Å². The molecule has 88 heavy (non-hydrogen) atoms. The monoisotopic (exact) mass is 1130 g/mol. The van der Waals surface area contributed by atoms with Crippen molar-refractivity contribution in [2.75, 3.05) is 5.73 Å². The van der Waals surface area contributed by atoms with Gasteiger partial charge in [0, 0.05) is 11.1 Å². The number of rotatable bonds is 13. The van der Waals surface area contributed by atoms with Crippen LogP contribution in [-0.2, 0) is 12.0 Å². The van der Waals surface area contributed by atoms with Crippen LogP contribution in [0.1, 0.15) is 74.9 Å². The van der Waals surface area contributed by atoms with E-state index >= 15 is 0 Å². The number of nitrogens with zero attached hydrogens (tertiary/aromatic N) is 1. The zero-order valence-electron chi connectivity index (χ0n) is 49.0. The molecule has 3 aliphatic rings. The van der Waals surface area contributed by atoms with Crippen molar-refractivity contribution in [2.45, 2.75) is 25.3 Å². The van der Waals surface area contributed by atoms with Gasteiger partial charge in [0.25, 0.3) is 0 Å². The van der Waals surface area contributed by atoms with Crippen LogP contribution < -0.4 is 5.73 Å². The molecule has 3 nitrogen and oxygen atoms in total. The van der Waals surface area contributed by atoms with Crippen molar-refractivity contribution in [1.29, 1.82) is 0 Å². The number of hydrogen-bond acceptors (Lipinski definition) is 3. The van der Waals surface area contributed by atoms with Crippen LogP contribution in [0.2, 0.25) is 0 Å². The molecule has 1 heterocycles. The first-order valence-corrected chi connectivity index (χ1v) is 30.3. The van der Waals surface area contributed by atoms with Gasteiger partial charge < -0.3 is 10.2 Å². The Labute approximate surface area is 515 Å². The molecule has 15 rings (SSSR count). The molecule has 0 aliphatic heterocycles. The summed E-state index contributed by atoms with van der Waals surface area (Å²) < 4.78 is 7.17. The van der Waals surface area contributed by atoms with Crippen LogP contribution in [0.4, 0.5) is 5.69 Å². The van der Waals surface area contributed by atoms with Gasteiger partial charge in [0.15, 0.2) is 5.76 Å². The van der Waals surface area contributed by atoms with Gasteiger partial charge in [0.2, 0.25) is 0 Å². The minimum atomic E-state index is -0.605. The highest BCUT2D eigenvalue weighted by Crippen LogP contribution is 2.64. The molecule has 0 radical (unpaired) electrons. The predicted molar refractivity (Wildman–Crippen MR) is 370 cm³/mol. The number of fused-ring (bicyclic) bond motifs is 11. The maximum Gasteiger partial charge on any atom is 0.176 e. The molecule has 0 amide bonds. The van der Waals surface area contributed by atoms with Crippen LogP contribution in [0.25, 0.3) is 101 Å². The lowest BCUT2D eigenvalue weighted by molar-refractivity contribution is 0.548. The van der Waals surface area contributed by atoms with E-state index in [4.69, 9.17) is 15.1 Å². The van der Waals surface area contributed by atoms with E-state index in [1.807, 2.05) is 12.2 Å². The van der Waals surface area contributed by atoms with Gasteiger partial charge in [-0.25, -0.2) is 0 Å². The van der Waals surface area contributed by atoms with Gasteiger partial charge >= 0.3 is 0 Å². The number of anilines is 1. The fourth-order valence-corrected chi connectivity index (χ4v) is 13.8. The number of hydrogen-bond donors (Lipinski definition) is 1. The molecule has 11 aromatic carbocycles. The Kier molecular flexibility index (Phi) is 13.8. The largest absolute Gasteiger partial charge is 0.452 e. The molecule has 3 aliphatic carbocycles. The Hall–Kier alpha value is -11.1. The van der Waals surface area contributed by atoms with Gasteiger partial charge in [0.05, 0.1) is 17.6 Å². The summed E-state index contributed by atoms with van der Waals surface area (Å²) in [6.45, 7) is 6.40. The van der Waals surface area contributed by atoms with Crippen LogP contribution >= 0.6 is 0 Å². The lowest BCUT2D eigenvalue weighted by atomic mass is 9.69. The zero-order chi connectivity index (χ0) is 59.1. The molecule has 0 unspecified atom stereocenters. The number of furan rings is 1. The Morgan fingerprint density at radius 1 is 0.477 bits per heavy atom. The van der Waals surface area contributed by atoms with Crippen molar-refractivity contribution in [3.63, 3.8) is 0 Å². The molecule has 0 saturated carbocycles. The SMILES string of the molecule is C=C/C=C\C(=C/C)c1cc(CN=C(c2cc(-c3ccccc3)cc(-c3ccccc3)c2)c2oc3c(c2N)C=C(c2ccc4c(c2)C2(c5ccccc5-4)c4cc(-c5ccccc5)ccc4-c4ccc(-c5ccccc5)cc42)CC=C3)cc(-c2ccccc2)c1. The van der Waals surface area contributed by atoms with Crippen LogP contribution in [-0.4, -0.2) is 5.71 Å². The van der Waals surface area contributed by atoms with Crippen LogP contribution in [0.15, 0.2) is 313 Å². The molecule has 1 aromatic heterocycles. The third kappa shape index (κ3) is 9.45. The van der Waals surface area contributed by atoms with Gasteiger partial charge in [-0.2, -0.15) is 0 Å². The Bertz CT molecular complexity index is 4700. The van der Waals surface area contributed by atoms with Gasteiger partial charge in [-0.15, -0.1) is 0 Å². The van der Waals surface area contributed by atoms with Crippen molar-refractivity contribution in [3.05, 3.63) is 365 Å². The van der Waals surface area contributed by atoms with Crippen molar-refractivity contribution in [3.8, 4) is 77.9 Å². The minimum absolute atomic E-state index is 0.356. The summed E-state index contributed by atoms with van der Waals surface area (Å²) in [6.07, 6.45) is 15.3. The number of benzene rings is 11. The zero-order valence-corrected chi connectivity index (χ0v) is 49.0. The lowest BCUT2D eigenvalue weighted by Crippen LogP contribution is -2.26. The molecule has 0 saturated heterocycles. The standard InChI is InChI=1S/C85H62N2O/c1-3-5-24-57(4-2)67-45-56(46-68(47-67)60-29-15-8-16-30-60)55-87-83(71-49-69(61-31-17-9-18-32-61)48-70(50-71)62-33-19-10-20-34-62)84-82(86)76-51-63(35-23-38-81(76)88-84)66-41-44-73-72-36-21-22-37-77(72)85(80(73)54-66)78-52-64(58-25-11-6-12-26-58)39-42-74(78)75-43-40-65(53-79(75)85)59-27-13-7-14-28-59/h3-34,36-54H,1,35,55,86H2,2H3/b24-5-,57-4+,87-83?. The molecule has 418 valence electrons. The van der Waals surface area contributed by atoms with E-state index < -0.39 is 5.41 Å². The predicted octanol–water partition coefficient (Wildman–Crippen LogP) is 21.7. The number of aliphatic imine (C=N–C) groups is 1. The molecule has 0 bridgehead atoms. The van der Waals surface area contributed by atoms with Crippen molar-refractivity contribution in [1.82, 2.24) is 0 Å². The molecular formula is C85H62N2O. The second-order valence-corrected chi connectivity index (χ2v) is 23.0. The average Bonchev–Trinajstić information content (AvgIpc) is 1.51. The second kappa shape index (κ2) is 22.7. The minimum Gasteiger partial charge on any atom is -0.452 e. The topological polar surface area (TPSA) is 51.5 Å². The number of nitrogen functional groups attached to an aromatic ring is 1. The van der Waals surface area contributed by atoms with E-state index in [2.05, 4.69) is 311 Å². The Balaban J connectivity index is 0.905. The van der Waals surface area contributed by atoms with E-state index in [0.717, 1.165) is 72.3 Å². The third-order valence-corrected chi connectivity index (χ3v) is 17.9. The van der Waals surface area contributed by atoms with E-state index in [9.17, 15) is 0 Å². The van der Waals surface area contributed by atoms with E-state index in [0.29, 0.717) is 35.9 Å². The summed E-state index contributed by atoms with van der Waals surface area (Å²) in [6, 6.07) is 97.2. The lowest BCUT2D eigenvalue weighted by Gasteiger charge is -2.31. The summed E-state index contributed by atoms with van der Waals surface area (Å²) in [5.41, 5.74) is 37.1. The van der Waals surface area contributed by atoms with Gasteiger partial charge in [-0.05, 0) is 208 Å². The summed E-state index contributed by atoms with van der Waals surface area (Å²) in [5.74, 6) is 1.23. The van der Waals surface area contributed by atoms with Crippen molar-refractivity contribution < 1.29 is 4.42 Å². The highest BCUT2D eigenvalue weighted by atomic mass is 16.3. The second-order valence-electron chi connectivity index (χ2n) is 23.0. The summed E-state index contributed by atoms with van der Waals surface area (Å²) in [7, 11) is 0.